The molecule has 2 rings (SSSR count). The molecule has 0 aliphatic rings. The van der Waals surface area contributed by atoms with Crippen LogP contribution >= 0.6 is 11.6 Å². The molecule has 15 heavy (non-hydrogen) atoms. The lowest BCUT2D eigenvalue weighted by atomic mass is 10.2. The van der Waals surface area contributed by atoms with E-state index in [2.05, 4.69) is 4.98 Å². The lowest BCUT2D eigenvalue weighted by molar-refractivity contribution is -0.386. The van der Waals surface area contributed by atoms with Crippen molar-refractivity contribution in [3.05, 3.63) is 49.8 Å². The van der Waals surface area contributed by atoms with Gasteiger partial charge in [-0.1, -0.05) is 29.8 Å². The molecule has 1 N–H and O–H groups in total. The van der Waals surface area contributed by atoms with Gasteiger partial charge in [-0.2, -0.15) is 0 Å². The largest absolute Gasteiger partial charge is 0.352 e. The van der Waals surface area contributed by atoms with E-state index in [1.54, 1.807) is 24.3 Å². The standard InChI is InChI=1S/C9H5ClN2O3/c10-7-5-3-1-2-4-6(5)11-9(13)8(7)12(14)15/h1-4H,(H,11,13). The van der Waals surface area contributed by atoms with Gasteiger partial charge in [0, 0.05) is 5.39 Å². The molecule has 0 fully saturated rings. The van der Waals surface area contributed by atoms with E-state index in [1.165, 1.54) is 0 Å². The number of aromatic nitrogens is 1. The van der Waals surface area contributed by atoms with E-state index >= 15 is 0 Å². The Morgan fingerprint density at radius 2 is 2.00 bits per heavy atom. The van der Waals surface area contributed by atoms with Crippen molar-refractivity contribution < 1.29 is 4.92 Å². The highest BCUT2D eigenvalue weighted by Gasteiger charge is 2.20. The average molecular weight is 225 g/mol. The van der Waals surface area contributed by atoms with E-state index < -0.39 is 16.2 Å². The van der Waals surface area contributed by atoms with Crippen molar-refractivity contribution in [3.63, 3.8) is 0 Å². The average Bonchev–Trinajstić information content (AvgIpc) is 2.17. The fourth-order valence-corrected chi connectivity index (χ4v) is 1.67. The maximum absolute atomic E-state index is 11.3. The van der Waals surface area contributed by atoms with Gasteiger partial charge in [0.15, 0.2) is 0 Å². The highest BCUT2D eigenvalue weighted by molar-refractivity contribution is 6.37. The van der Waals surface area contributed by atoms with Crippen LogP contribution in [0.15, 0.2) is 29.1 Å². The number of nitrogens with one attached hydrogen (secondary N) is 1. The minimum Gasteiger partial charge on any atom is -0.316 e. The summed E-state index contributed by atoms with van der Waals surface area (Å²) in [6, 6.07) is 6.64. The van der Waals surface area contributed by atoms with Crippen molar-refractivity contribution >= 4 is 28.2 Å². The number of rotatable bonds is 1. The van der Waals surface area contributed by atoms with Crippen LogP contribution in [0.2, 0.25) is 5.02 Å². The van der Waals surface area contributed by atoms with E-state index in [0.29, 0.717) is 10.9 Å². The van der Waals surface area contributed by atoms with Crippen molar-refractivity contribution in [2.45, 2.75) is 0 Å². The van der Waals surface area contributed by atoms with Gasteiger partial charge in [0.05, 0.1) is 10.4 Å². The Morgan fingerprint density at radius 3 is 2.67 bits per heavy atom. The molecule has 76 valence electrons. The van der Waals surface area contributed by atoms with Crippen LogP contribution in [0.5, 0.6) is 0 Å². The van der Waals surface area contributed by atoms with Crippen LogP contribution < -0.4 is 5.56 Å². The Hall–Kier alpha value is -1.88. The summed E-state index contributed by atoms with van der Waals surface area (Å²) >= 11 is 5.78. The van der Waals surface area contributed by atoms with Gasteiger partial charge < -0.3 is 4.98 Å². The maximum Gasteiger partial charge on any atom is 0.352 e. The van der Waals surface area contributed by atoms with E-state index in [1.807, 2.05) is 0 Å². The number of hydrogen-bond acceptors (Lipinski definition) is 3. The first-order valence-electron chi connectivity index (χ1n) is 4.06. The number of H-pyrrole nitrogens is 1. The van der Waals surface area contributed by atoms with E-state index in [9.17, 15) is 14.9 Å². The Balaban J connectivity index is 2.97. The molecule has 0 radical (unpaired) electrons. The molecule has 6 heteroatoms. The second-order valence-electron chi connectivity index (χ2n) is 2.92. The fourth-order valence-electron chi connectivity index (χ4n) is 1.36. The summed E-state index contributed by atoms with van der Waals surface area (Å²) in [7, 11) is 0. The predicted molar refractivity (Wildman–Crippen MR) is 56.2 cm³/mol. The zero-order valence-electron chi connectivity index (χ0n) is 7.36. The van der Waals surface area contributed by atoms with Crippen molar-refractivity contribution in [1.82, 2.24) is 4.98 Å². The summed E-state index contributed by atoms with van der Waals surface area (Å²) in [5, 5.41) is 10.9. The van der Waals surface area contributed by atoms with E-state index in [4.69, 9.17) is 11.6 Å². The van der Waals surface area contributed by atoms with Crippen LogP contribution in [-0.4, -0.2) is 9.91 Å². The molecule has 0 atom stereocenters. The number of para-hydroxylation sites is 1. The zero-order chi connectivity index (χ0) is 11.0. The molecule has 1 aromatic carbocycles. The minimum atomic E-state index is -0.788. The number of fused-ring (bicyclic) bond motifs is 1. The molecular weight excluding hydrogens is 220 g/mol. The Bertz CT molecular complexity index is 606. The molecule has 1 aromatic heterocycles. The highest BCUT2D eigenvalue weighted by atomic mass is 35.5. The second kappa shape index (κ2) is 3.36. The normalized spacial score (nSPS) is 10.5. The van der Waals surface area contributed by atoms with Crippen molar-refractivity contribution in [2.24, 2.45) is 0 Å². The summed E-state index contributed by atoms with van der Waals surface area (Å²) in [4.78, 5) is 23.5. The Kier molecular flexibility index (Phi) is 2.17. The molecule has 2 aromatic rings. The second-order valence-corrected chi connectivity index (χ2v) is 3.30. The van der Waals surface area contributed by atoms with Gasteiger partial charge in [0.25, 0.3) is 0 Å². The van der Waals surface area contributed by atoms with Crippen LogP contribution in [0.3, 0.4) is 0 Å². The summed E-state index contributed by atoms with van der Waals surface area (Å²) in [5.74, 6) is 0. The molecule has 0 amide bonds. The Labute approximate surface area is 88.5 Å². The summed E-state index contributed by atoms with van der Waals surface area (Å²) < 4.78 is 0. The van der Waals surface area contributed by atoms with Crippen LogP contribution in [-0.2, 0) is 0 Å². The first-order chi connectivity index (χ1) is 7.11. The molecule has 0 saturated heterocycles. The number of hydrogen-bond donors (Lipinski definition) is 1. The first kappa shape index (κ1) is 9.67. The van der Waals surface area contributed by atoms with Crippen LogP contribution in [0.25, 0.3) is 10.9 Å². The fraction of sp³-hybridized carbons (Fsp3) is 0. The van der Waals surface area contributed by atoms with Gasteiger partial charge in [0.2, 0.25) is 0 Å². The van der Waals surface area contributed by atoms with E-state index in [0.717, 1.165) is 0 Å². The van der Waals surface area contributed by atoms with Crippen molar-refractivity contribution in [2.75, 3.05) is 0 Å². The molecule has 1 heterocycles. The monoisotopic (exact) mass is 224 g/mol. The minimum absolute atomic E-state index is 0.126. The van der Waals surface area contributed by atoms with Crippen molar-refractivity contribution in [3.8, 4) is 0 Å². The molecule has 0 bridgehead atoms. The molecule has 0 spiro atoms. The molecule has 0 aliphatic heterocycles. The van der Waals surface area contributed by atoms with Crippen molar-refractivity contribution in [1.29, 1.82) is 0 Å². The summed E-state index contributed by atoms with van der Waals surface area (Å²) in [6.07, 6.45) is 0. The smallest absolute Gasteiger partial charge is 0.316 e. The molecule has 0 aliphatic carbocycles. The quantitative estimate of drug-likeness (QED) is 0.595. The van der Waals surface area contributed by atoms with Gasteiger partial charge in [-0.25, -0.2) is 0 Å². The molecule has 5 nitrogen and oxygen atoms in total. The predicted octanol–water partition coefficient (Wildman–Crippen LogP) is 2.09. The number of nitrogens with zero attached hydrogens (tertiary/aromatic N) is 1. The molecular formula is C9H5ClN2O3. The zero-order valence-corrected chi connectivity index (χ0v) is 8.12. The number of pyridine rings is 1. The van der Waals surface area contributed by atoms with Gasteiger partial charge >= 0.3 is 11.2 Å². The van der Waals surface area contributed by atoms with Crippen LogP contribution in [0, 0.1) is 10.1 Å². The highest BCUT2D eigenvalue weighted by Crippen LogP contribution is 2.27. The SMILES string of the molecule is O=c1[nH]c2ccccc2c(Cl)c1[N+](=O)[O-]. The number of aromatic amines is 1. The first-order valence-corrected chi connectivity index (χ1v) is 4.44. The van der Waals surface area contributed by atoms with Gasteiger partial charge in [-0.3, -0.25) is 14.9 Å². The van der Waals surface area contributed by atoms with E-state index in [-0.39, 0.29) is 5.02 Å². The van der Waals surface area contributed by atoms with Crippen LogP contribution in [0.1, 0.15) is 0 Å². The topological polar surface area (TPSA) is 76.0 Å². The van der Waals surface area contributed by atoms with Gasteiger partial charge in [-0.05, 0) is 6.07 Å². The number of benzene rings is 1. The lowest BCUT2D eigenvalue weighted by Crippen LogP contribution is -2.12. The third-order valence-corrected chi connectivity index (χ3v) is 2.40. The lowest BCUT2D eigenvalue weighted by Gasteiger charge is -1.99. The number of halogens is 1. The third-order valence-electron chi connectivity index (χ3n) is 2.02. The third kappa shape index (κ3) is 1.46. The van der Waals surface area contributed by atoms with Gasteiger partial charge in [0.1, 0.15) is 5.02 Å². The Morgan fingerprint density at radius 1 is 1.33 bits per heavy atom. The number of nitro groups is 1. The summed E-state index contributed by atoms with van der Waals surface area (Å²) in [5.41, 5.74) is -0.919. The molecule has 0 saturated carbocycles. The summed E-state index contributed by atoms with van der Waals surface area (Å²) in [6.45, 7) is 0. The molecule has 0 unspecified atom stereocenters. The van der Waals surface area contributed by atoms with Crippen LogP contribution in [0.4, 0.5) is 5.69 Å². The maximum atomic E-state index is 11.3. The van der Waals surface area contributed by atoms with Gasteiger partial charge in [-0.15, -0.1) is 0 Å².